The zero-order valence-corrected chi connectivity index (χ0v) is 17.0. The second-order valence-corrected chi connectivity index (χ2v) is 7.67. The van der Waals surface area contributed by atoms with Gasteiger partial charge in [0.25, 0.3) is 0 Å². The van der Waals surface area contributed by atoms with Gasteiger partial charge < -0.3 is 14.7 Å². The maximum absolute atomic E-state index is 12.7. The van der Waals surface area contributed by atoms with Gasteiger partial charge in [0.05, 0.1) is 18.2 Å². The van der Waals surface area contributed by atoms with E-state index in [0.717, 1.165) is 41.2 Å². The van der Waals surface area contributed by atoms with Gasteiger partial charge in [-0.1, -0.05) is 36.4 Å². The SMILES string of the molecule is CC(O)c1cc(-c2ccccc2)ccc1N1CC[C@H](Oc2ccc(C(F)(F)F)cn2)C1. The number of ether oxygens (including phenoxy) is 1. The summed E-state index contributed by atoms with van der Waals surface area (Å²) >= 11 is 0. The van der Waals surface area contributed by atoms with Crippen molar-refractivity contribution in [1.29, 1.82) is 0 Å². The highest BCUT2D eigenvalue weighted by Gasteiger charge is 2.31. The maximum atomic E-state index is 12.7. The van der Waals surface area contributed by atoms with E-state index in [9.17, 15) is 18.3 Å². The summed E-state index contributed by atoms with van der Waals surface area (Å²) in [5.41, 5.74) is 3.07. The van der Waals surface area contributed by atoms with E-state index in [1.54, 1.807) is 6.92 Å². The molecule has 3 aromatic rings. The van der Waals surface area contributed by atoms with Crippen LogP contribution in [-0.2, 0) is 6.18 Å². The van der Waals surface area contributed by atoms with Gasteiger partial charge >= 0.3 is 6.18 Å². The number of aliphatic hydroxyl groups excluding tert-OH is 1. The number of rotatable bonds is 5. The van der Waals surface area contributed by atoms with Gasteiger partial charge in [-0.2, -0.15) is 13.2 Å². The van der Waals surface area contributed by atoms with Crippen molar-refractivity contribution in [3.05, 3.63) is 78.0 Å². The third kappa shape index (κ3) is 4.82. The molecule has 0 bridgehead atoms. The van der Waals surface area contributed by atoms with Crippen LogP contribution in [0.15, 0.2) is 66.9 Å². The zero-order chi connectivity index (χ0) is 22.0. The van der Waals surface area contributed by atoms with E-state index in [1.165, 1.54) is 6.07 Å². The quantitative estimate of drug-likeness (QED) is 0.585. The average Bonchev–Trinajstić information content (AvgIpc) is 3.22. The van der Waals surface area contributed by atoms with E-state index in [-0.39, 0.29) is 12.0 Å². The molecular formula is C24H23F3N2O2. The van der Waals surface area contributed by atoms with Crippen LogP contribution in [0, 0.1) is 0 Å². The summed E-state index contributed by atoms with van der Waals surface area (Å²) in [6, 6.07) is 18.2. The van der Waals surface area contributed by atoms with Crippen molar-refractivity contribution in [3.63, 3.8) is 0 Å². The predicted octanol–water partition coefficient (Wildman–Crippen LogP) is 5.48. The van der Waals surface area contributed by atoms with E-state index >= 15 is 0 Å². The lowest BCUT2D eigenvalue weighted by Crippen LogP contribution is -2.26. The average molecular weight is 428 g/mol. The highest BCUT2D eigenvalue weighted by molar-refractivity contribution is 5.69. The lowest BCUT2D eigenvalue weighted by atomic mass is 9.99. The molecule has 1 aromatic heterocycles. The van der Waals surface area contributed by atoms with Gasteiger partial charge in [-0.15, -0.1) is 0 Å². The second-order valence-electron chi connectivity index (χ2n) is 7.67. The van der Waals surface area contributed by atoms with Crippen LogP contribution in [0.2, 0.25) is 0 Å². The van der Waals surface area contributed by atoms with Crippen LogP contribution < -0.4 is 9.64 Å². The van der Waals surface area contributed by atoms with Crippen LogP contribution in [0.25, 0.3) is 11.1 Å². The third-order valence-electron chi connectivity index (χ3n) is 5.42. The lowest BCUT2D eigenvalue weighted by Gasteiger charge is -2.24. The van der Waals surface area contributed by atoms with E-state index in [2.05, 4.69) is 9.88 Å². The number of alkyl halides is 3. The largest absolute Gasteiger partial charge is 0.472 e. The Morgan fingerprint density at radius 2 is 1.84 bits per heavy atom. The van der Waals surface area contributed by atoms with E-state index in [1.807, 2.05) is 48.5 Å². The highest BCUT2D eigenvalue weighted by atomic mass is 19.4. The second kappa shape index (κ2) is 8.59. The van der Waals surface area contributed by atoms with Crippen LogP contribution in [0.3, 0.4) is 0 Å². The maximum Gasteiger partial charge on any atom is 0.417 e. The minimum Gasteiger partial charge on any atom is -0.472 e. The molecule has 1 saturated heterocycles. The smallest absolute Gasteiger partial charge is 0.417 e. The van der Waals surface area contributed by atoms with Crippen molar-refractivity contribution < 1.29 is 23.0 Å². The predicted molar refractivity (Wildman–Crippen MR) is 113 cm³/mol. The third-order valence-corrected chi connectivity index (χ3v) is 5.42. The Labute approximate surface area is 178 Å². The van der Waals surface area contributed by atoms with Gasteiger partial charge in [0, 0.05) is 36.5 Å². The Balaban J connectivity index is 1.48. The molecule has 1 aliphatic heterocycles. The minimum atomic E-state index is -4.42. The number of hydrogen-bond acceptors (Lipinski definition) is 4. The first-order valence-corrected chi connectivity index (χ1v) is 10.1. The Bertz CT molecular complexity index is 1020. The van der Waals surface area contributed by atoms with Gasteiger partial charge in [0.15, 0.2) is 0 Å². The minimum absolute atomic E-state index is 0.176. The molecule has 0 spiro atoms. The monoisotopic (exact) mass is 428 g/mol. The van der Waals surface area contributed by atoms with Crippen molar-refractivity contribution in [1.82, 2.24) is 4.98 Å². The molecule has 162 valence electrons. The summed E-state index contributed by atoms with van der Waals surface area (Å²) in [7, 11) is 0. The number of anilines is 1. The van der Waals surface area contributed by atoms with Crippen molar-refractivity contribution in [3.8, 4) is 17.0 Å². The fourth-order valence-electron chi connectivity index (χ4n) is 3.82. The van der Waals surface area contributed by atoms with Gasteiger partial charge in [-0.25, -0.2) is 4.98 Å². The molecule has 1 aliphatic rings. The first-order chi connectivity index (χ1) is 14.8. The van der Waals surface area contributed by atoms with E-state index in [4.69, 9.17) is 4.74 Å². The fourth-order valence-corrected chi connectivity index (χ4v) is 3.82. The Morgan fingerprint density at radius 3 is 2.48 bits per heavy atom. The van der Waals surface area contributed by atoms with Gasteiger partial charge in [0.2, 0.25) is 5.88 Å². The molecule has 0 radical (unpaired) electrons. The summed E-state index contributed by atoms with van der Waals surface area (Å²) in [4.78, 5) is 5.93. The number of halogens is 3. The van der Waals surface area contributed by atoms with Gasteiger partial charge in [-0.3, -0.25) is 0 Å². The number of aliphatic hydroxyl groups is 1. The molecule has 4 nitrogen and oxygen atoms in total. The molecule has 0 amide bonds. The number of benzene rings is 2. The van der Waals surface area contributed by atoms with Crippen LogP contribution >= 0.6 is 0 Å². The molecule has 7 heteroatoms. The summed E-state index contributed by atoms with van der Waals surface area (Å²) < 4.78 is 43.9. The van der Waals surface area contributed by atoms with Crippen molar-refractivity contribution in [2.45, 2.75) is 31.7 Å². The number of nitrogens with zero attached hydrogens (tertiary/aromatic N) is 2. The number of pyridine rings is 1. The molecule has 31 heavy (non-hydrogen) atoms. The molecule has 4 rings (SSSR count). The normalized spacial score (nSPS) is 17.6. The standard InChI is InChI=1S/C24H23F3N2O2/c1-16(30)21-13-18(17-5-3-2-4-6-17)7-9-22(21)29-12-11-20(15-29)31-23-10-8-19(14-28-23)24(25,26)27/h2-10,13-14,16,20,30H,11-12,15H2,1H3/t16?,20-/m0/s1. The molecule has 1 unspecified atom stereocenters. The topological polar surface area (TPSA) is 45.6 Å². The van der Waals surface area contributed by atoms with Crippen LogP contribution in [-0.4, -0.2) is 29.3 Å². The summed E-state index contributed by atoms with van der Waals surface area (Å²) in [5.74, 6) is 0.176. The van der Waals surface area contributed by atoms with Crippen molar-refractivity contribution in [2.75, 3.05) is 18.0 Å². The summed E-state index contributed by atoms with van der Waals surface area (Å²) in [6.07, 6.45) is -3.76. The molecule has 0 saturated carbocycles. The zero-order valence-electron chi connectivity index (χ0n) is 17.0. The molecule has 1 N–H and O–H groups in total. The molecule has 0 aliphatic carbocycles. The Hall–Kier alpha value is -3.06. The number of hydrogen-bond donors (Lipinski definition) is 1. The summed E-state index contributed by atoms with van der Waals surface area (Å²) in [5, 5.41) is 10.4. The summed E-state index contributed by atoms with van der Waals surface area (Å²) in [6.45, 7) is 3.02. The molecule has 2 atom stereocenters. The molecule has 2 heterocycles. The number of aromatic nitrogens is 1. The van der Waals surface area contributed by atoms with Crippen LogP contribution in [0.4, 0.5) is 18.9 Å². The van der Waals surface area contributed by atoms with Crippen LogP contribution in [0.1, 0.15) is 30.6 Å². The highest BCUT2D eigenvalue weighted by Crippen LogP contribution is 2.34. The van der Waals surface area contributed by atoms with E-state index in [0.29, 0.717) is 13.0 Å². The first kappa shape index (κ1) is 21.2. The van der Waals surface area contributed by atoms with Crippen LogP contribution in [0.5, 0.6) is 5.88 Å². The lowest BCUT2D eigenvalue weighted by molar-refractivity contribution is -0.137. The van der Waals surface area contributed by atoms with Crippen molar-refractivity contribution >= 4 is 5.69 Å². The first-order valence-electron chi connectivity index (χ1n) is 10.1. The van der Waals surface area contributed by atoms with Gasteiger partial charge in [0.1, 0.15) is 6.10 Å². The molecular weight excluding hydrogens is 405 g/mol. The van der Waals surface area contributed by atoms with Gasteiger partial charge in [-0.05, 0) is 36.2 Å². The van der Waals surface area contributed by atoms with E-state index < -0.39 is 17.8 Å². The fraction of sp³-hybridized carbons (Fsp3) is 0.292. The molecule has 1 fully saturated rings. The Morgan fingerprint density at radius 1 is 1.06 bits per heavy atom. The van der Waals surface area contributed by atoms with Crippen molar-refractivity contribution in [2.24, 2.45) is 0 Å². The molecule has 2 aromatic carbocycles. The Kier molecular flexibility index (Phi) is 5.87.